The Morgan fingerprint density at radius 2 is 2.00 bits per heavy atom. The highest BCUT2D eigenvalue weighted by molar-refractivity contribution is 9.10. The van der Waals surface area contributed by atoms with Crippen molar-refractivity contribution in [1.82, 2.24) is 9.97 Å². The molecule has 0 fully saturated rings. The van der Waals surface area contributed by atoms with Gasteiger partial charge in [0.2, 0.25) is 0 Å². The molecule has 0 saturated heterocycles. The Balaban J connectivity index is 2.15. The van der Waals surface area contributed by atoms with Gasteiger partial charge in [-0.3, -0.25) is 0 Å². The largest absolute Gasteiger partial charge is 0.434 e. The molecule has 108 valence electrons. The molecule has 0 radical (unpaired) electrons. The fraction of sp³-hybridized carbons (Fsp3) is 0.0714. The van der Waals surface area contributed by atoms with Crippen molar-refractivity contribution in [2.45, 2.75) is 6.61 Å². The van der Waals surface area contributed by atoms with E-state index in [1.54, 1.807) is 24.3 Å². The molecule has 3 rings (SSSR count). The smallest absolute Gasteiger partial charge is 0.387 e. The van der Waals surface area contributed by atoms with Gasteiger partial charge in [-0.05, 0) is 24.3 Å². The van der Waals surface area contributed by atoms with Crippen LogP contribution in [0.25, 0.3) is 22.4 Å². The number of ether oxygens (including phenoxy) is 1. The van der Waals surface area contributed by atoms with Gasteiger partial charge in [0, 0.05) is 4.47 Å². The zero-order valence-corrected chi connectivity index (χ0v) is 12.2. The molecule has 0 aliphatic rings. The van der Waals surface area contributed by atoms with Gasteiger partial charge in [-0.1, -0.05) is 28.1 Å². The van der Waals surface area contributed by atoms with Gasteiger partial charge in [0.15, 0.2) is 0 Å². The molecule has 0 atom stereocenters. The number of hydrogen-bond acceptors (Lipinski definition) is 3. The molecule has 21 heavy (non-hydrogen) atoms. The van der Waals surface area contributed by atoms with Crippen LogP contribution in [0.1, 0.15) is 0 Å². The van der Waals surface area contributed by atoms with E-state index in [2.05, 4.69) is 30.6 Å². The first-order chi connectivity index (χ1) is 10.0. The van der Waals surface area contributed by atoms with Crippen LogP contribution in [0.4, 0.5) is 14.5 Å². The molecule has 0 aliphatic heterocycles. The maximum atomic E-state index is 12.5. The number of imidazole rings is 1. The Kier molecular flexibility index (Phi) is 3.50. The van der Waals surface area contributed by atoms with E-state index < -0.39 is 6.61 Å². The number of fused-ring (bicyclic) bond motifs is 1. The highest BCUT2D eigenvalue weighted by Gasteiger charge is 2.15. The average molecular weight is 354 g/mol. The van der Waals surface area contributed by atoms with E-state index in [1.165, 1.54) is 6.07 Å². The number of hydrogen-bond donors (Lipinski definition) is 2. The van der Waals surface area contributed by atoms with Crippen LogP contribution in [0, 0.1) is 0 Å². The SMILES string of the molecule is Nc1cc(Br)cc2[nH]c(-c3ccccc3OC(F)F)nc12. The summed E-state index contributed by atoms with van der Waals surface area (Å²) in [7, 11) is 0. The number of nitrogens with zero attached hydrogens (tertiary/aromatic N) is 1. The first kappa shape index (κ1) is 13.8. The quantitative estimate of drug-likeness (QED) is 0.694. The second kappa shape index (κ2) is 5.33. The minimum atomic E-state index is -2.89. The summed E-state index contributed by atoms with van der Waals surface area (Å²) in [6.07, 6.45) is 0. The highest BCUT2D eigenvalue weighted by Crippen LogP contribution is 2.32. The van der Waals surface area contributed by atoms with E-state index in [4.69, 9.17) is 5.73 Å². The summed E-state index contributed by atoms with van der Waals surface area (Å²) in [6.45, 7) is -2.89. The lowest BCUT2D eigenvalue weighted by Gasteiger charge is -2.08. The van der Waals surface area contributed by atoms with Gasteiger partial charge in [-0.15, -0.1) is 0 Å². The van der Waals surface area contributed by atoms with Crippen molar-refractivity contribution < 1.29 is 13.5 Å². The third-order valence-electron chi connectivity index (χ3n) is 2.94. The summed E-state index contributed by atoms with van der Waals surface area (Å²) in [6, 6.07) is 10.0. The molecule has 0 unspecified atom stereocenters. The number of anilines is 1. The topological polar surface area (TPSA) is 63.9 Å². The van der Waals surface area contributed by atoms with Crippen LogP contribution < -0.4 is 10.5 Å². The molecule has 3 N–H and O–H groups in total. The summed E-state index contributed by atoms with van der Waals surface area (Å²) in [5.41, 5.74) is 8.14. The lowest BCUT2D eigenvalue weighted by molar-refractivity contribution is -0.0494. The molecule has 0 amide bonds. The fourth-order valence-electron chi connectivity index (χ4n) is 2.10. The van der Waals surface area contributed by atoms with Crippen molar-refractivity contribution in [2.75, 3.05) is 5.73 Å². The molecular formula is C14H10BrF2N3O. The lowest BCUT2D eigenvalue weighted by Crippen LogP contribution is -2.03. The van der Waals surface area contributed by atoms with E-state index in [1.807, 2.05) is 6.07 Å². The van der Waals surface area contributed by atoms with Crippen molar-refractivity contribution in [2.24, 2.45) is 0 Å². The highest BCUT2D eigenvalue weighted by atomic mass is 79.9. The van der Waals surface area contributed by atoms with Gasteiger partial charge >= 0.3 is 6.61 Å². The zero-order chi connectivity index (χ0) is 15.0. The van der Waals surface area contributed by atoms with Crippen molar-refractivity contribution in [3.05, 3.63) is 40.9 Å². The number of rotatable bonds is 3. The molecule has 0 spiro atoms. The van der Waals surface area contributed by atoms with Crippen LogP contribution in [-0.2, 0) is 0 Å². The van der Waals surface area contributed by atoms with Crippen LogP contribution in [-0.4, -0.2) is 16.6 Å². The number of aromatic nitrogens is 2. The zero-order valence-electron chi connectivity index (χ0n) is 10.6. The van der Waals surface area contributed by atoms with Crippen LogP contribution in [0.5, 0.6) is 5.75 Å². The number of nitrogen functional groups attached to an aromatic ring is 1. The maximum Gasteiger partial charge on any atom is 0.387 e. The van der Waals surface area contributed by atoms with Gasteiger partial charge in [-0.2, -0.15) is 8.78 Å². The molecule has 0 bridgehead atoms. The third kappa shape index (κ3) is 2.69. The Hall–Kier alpha value is -2.15. The predicted octanol–water partition coefficient (Wildman–Crippen LogP) is 4.18. The first-order valence-electron chi connectivity index (χ1n) is 6.03. The van der Waals surface area contributed by atoms with E-state index in [0.717, 1.165) is 4.47 Å². The normalized spacial score (nSPS) is 11.2. The van der Waals surface area contributed by atoms with Crippen LogP contribution >= 0.6 is 15.9 Å². The molecule has 2 aromatic carbocycles. The molecule has 4 nitrogen and oxygen atoms in total. The summed E-state index contributed by atoms with van der Waals surface area (Å²) in [5, 5.41) is 0. The molecular weight excluding hydrogens is 344 g/mol. The van der Waals surface area contributed by atoms with Crippen molar-refractivity contribution in [1.29, 1.82) is 0 Å². The van der Waals surface area contributed by atoms with Crippen LogP contribution in [0.3, 0.4) is 0 Å². The molecule has 1 heterocycles. The van der Waals surface area contributed by atoms with Gasteiger partial charge in [0.1, 0.15) is 17.1 Å². The molecule has 3 aromatic rings. The Bertz CT molecular complexity index is 804. The number of benzene rings is 2. The maximum absolute atomic E-state index is 12.5. The van der Waals surface area contributed by atoms with E-state index in [9.17, 15) is 8.78 Å². The van der Waals surface area contributed by atoms with Gasteiger partial charge in [-0.25, -0.2) is 4.98 Å². The van der Waals surface area contributed by atoms with Crippen LogP contribution in [0.2, 0.25) is 0 Å². The second-order valence-corrected chi connectivity index (χ2v) is 5.27. The monoisotopic (exact) mass is 353 g/mol. The molecule has 7 heteroatoms. The Morgan fingerprint density at radius 1 is 1.24 bits per heavy atom. The van der Waals surface area contributed by atoms with E-state index in [-0.39, 0.29) is 5.75 Å². The summed E-state index contributed by atoms with van der Waals surface area (Å²) >= 11 is 3.34. The van der Waals surface area contributed by atoms with Crippen molar-refractivity contribution in [3.8, 4) is 17.1 Å². The average Bonchev–Trinajstić information content (AvgIpc) is 2.82. The van der Waals surface area contributed by atoms with Gasteiger partial charge in [0.25, 0.3) is 0 Å². The number of para-hydroxylation sites is 1. The van der Waals surface area contributed by atoms with Crippen molar-refractivity contribution >= 4 is 32.7 Å². The predicted molar refractivity (Wildman–Crippen MR) is 80.3 cm³/mol. The van der Waals surface area contributed by atoms with Gasteiger partial charge < -0.3 is 15.5 Å². The summed E-state index contributed by atoms with van der Waals surface area (Å²) < 4.78 is 30.2. The van der Waals surface area contributed by atoms with Gasteiger partial charge in [0.05, 0.1) is 16.8 Å². The molecule has 0 aliphatic carbocycles. The van der Waals surface area contributed by atoms with Crippen LogP contribution in [0.15, 0.2) is 40.9 Å². The second-order valence-electron chi connectivity index (χ2n) is 4.35. The number of H-pyrrole nitrogens is 1. The fourth-order valence-corrected chi connectivity index (χ4v) is 2.57. The Labute approximate surface area is 127 Å². The summed E-state index contributed by atoms with van der Waals surface area (Å²) in [4.78, 5) is 7.43. The molecule has 1 aromatic heterocycles. The minimum Gasteiger partial charge on any atom is -0.434 e. The van der Waals surface area contributed by atoms with E-state index >= 15 is 0 Å². The number of aromatic amines is 1. The summed E-state index contributed by atoms with van der Waals surface area (Å²) in [5.74, 6) is 0.482. The first-order valence-corrected chi connectivity index (χ1v) is 6.83. The third-order valence-corrected chi connectivity index (χ3v) is 3.40. The number of alkyl halides is 2. The Morgan fingerprint density at radius 3 is 2.76 bits per heavy atom. The standard InChI is InChI=1S/C14H10BrF2N3O/c15-7-5-9(18)12-10(6-7)19-13(20-12)8-3-1-2-4-11(8)21-14(16)17/h1-6,14H,18H2,(H,19,20). The van der Waals surface area contributed by atoms with Crippen molar-refractivity contribution in [3.63, 3.8) is 0 Å². The lowest BCUT2D eigenvalue weighted by atomic mass is 10.2. The number of nitrogens with one attached hydrogen (secondary N) is 1. The minimum absolute atomic E-state index is 0.0594. The van der Waals surface area contributed by atoms with E-state index in [0.29, 0.717) is 28.1 Å². The molecule has 0 saturated carbocycles. The number of nitrogens with two attached hydrogens (primary N) is 1. The number of halogens is 3.